The minimum atomic E-state index is -0.301. The van der Waals surface area contributed by atoms with Crippen LogP contribution in [0.5, 0.6) is 17.2 Å². The summed E-state index contributed by atoms with van der Waals surface area (Å²) < 4.78 is 18.9. The van der Waals surface area contributed by atoms with Crippen LogP contribution in [0.25, 0.3) is 11.0 Å². The summed E-state index contributed by atoms with van der Waals surface area (Å²) in [5, 5.41) is 3.09. The van der Waals surface area contributed by atoms with E-state index in [2.05, 4.69) is 28.6 Å². The third-order valence-corrected chi connectivity index (χ3v) is 6.44. The number of benzene rings is 3. The average Bonchev–Trinajstić information content (AvgIpc) is 3.32. The van der Waals surface area contributed by atoms with Crippen molar-refractivity contribution in [3.8, 4) is 17.2 Å². The molecule has 0 saturated heterocycles. The molecule has 7 nitrogen and oxygen atoms in total. The second kappa shape index (κ2) is 12.8. The van der Waals surface area contributed by atoms with E-state index in [-0.39, 0.29) is 11.9 Å². The number of methoxy groups -OCH3 is 2. The van der Waals surface area contributed by atoms with Crippen molar-refractivity contribution in [2.75, 3.05) is 20.8 Å². The number of aryl methyl sites for hydroxylation is 1. The predicted octanol–water partition coefficient (Wildman–Crippen LogP) is 6.13. The summed E-state index contributed by atoms with van der Waals surface area (Å²) in [6, 6.07) is 21.0. The van der Waals surface area contributed by atoms with Crippen LogP contribution >= 0.6 is 0 Å². The van der Waals surface area contributed by atoms with Gasteiger partial charge < -0.3 is 24.1 Å². The number of fused-ring (bicyclic) bond motifs is 1. The second-order valence-electron chi connectivity index (χ2n) is 9.03. The summed E-state index contributed by atoms with van der Waals surface area (Å²) in [5.41, 5.74) is 3.59. The van der Waals surface area contributed by atoms with Crippen molar-refractivity contribution in [1.82, 2.24) is 14.9 Å². The maximum Gasteiger partial charge on any atom is 0.251 e. The third kappa shape index (κ3) is 6.17. The fourth-order valence-electron chi connectivity index (χ4n) is 4.50. The molecule has 0 saturated carbocycles. The fourth-order valence-corrected chi connectivity index (χ4v) is 4.50. The molecule has 198 valence electrons. The number of ether oxygens (including phenoxy) is 3. The molecule has 4 aromatic rings. The highest BCUT2D eigenvalue weighted by Crippen LogP contribution is 2.28. The van der Waals surface area contributed by atoms with Gasteiger partial charge in [-0.25, -0.2) is 4.98 Å². The van der Waals surface area contributed by atoms with Crippen LogP contribution in [0, 0.1) is 0 Å². The third-order valence-electron chi connectivity index (χ3n) is 6.44. The molecule has 0 fully saturated rings. The largest absolute Gasteiger partial charge is 0.493 e. The highest BCUT2D eigenvalue weighted by atomic mass is 16.5. The number of hydrogen-bond acceptors (Lipinski definition) is 5. The summed E-state index contributed by atoms with van der Waals surface area (Å²) in [7, 11) is 3.12. The lowest BCUT2D eigenvalue weighted by Gasteiger charge is -2.17. The van der Waals surface area contributed by atoms with Crippen molar-refractivity contribution >= 4 is 16.9 Å². The molecule has 0 spiro atoms. The van der Waals surface area contributed by atoms with Gasteiger partial charge in [0.1, 0.15) is 11.6 Å². The Morgan fingerprint density at radius 2 is 1.76 bits per heavy atom. The van der Waals surface area contributed by atoms with E-state index in [1.165, 1.54) is 0 Å². The van der Waals surface area contributed by atoms with Crippen molar-refractivity contribution in [3.05, 3.63) is 96.3 Å². The van der Waals surface area contributed by atoms with Crippen molar-refractivity contribution in [1.29, 1.82) is 0 Å². The molecule has 38 heavy (non-hydrogen) atoms. The first-order valence-electron chi connectivity index (χ1n) is 12.8. The van der Waals surface area contributed by atoms with E-state index in [4.69, 9.17) is 19.2 Å². The maximum absolute atomic E-state index is 13.1. The molecule has 1 amide bonds. The predicted molar refractivity (Wildman–Crippen MR) is 150 cm³/mol. The number of unbranched alkanes of at least 4 members (excludes halogenated alkanes) is 1. The number of para-hydroxylation sites is 3. The number of aromatic nitrogens is 2. The Bertz CT molecular complexity index is 1400. The lowest BCUT2D eigenvalue weighted by molar-refractivity contribution is 0.0937. The Balaban J connectivity index is 1.43. The number of carbonyl (C=O) groups is 1. The lowest BCUT2D eigenvalue weighted by Crippen LogP contribution is -2.28. The lowest BCUT2D eigenvalue weighted by atomic mass is 10.1. The first kappa shape index (κ1) is 26.8. The van der Waals surface area contributed by atoms with E-state index in [1.54, 1.807) is 32.4 Å². The average molecular weight is 514 g/mol. The van der Waals surface area contributed by atoms with Crippen LogP contribution in [0.2, 0.25) is 0 Å². The van der Waals surface area contributed by atoms with E-state index in [0.29, 0.717) is 23.7 Å². The summed E-state index contributed by atoms with van der Waals surface area (Å²) in [5.74, 6) is 2.61. The van der Waals surface area contributed by atoms with Gasteiger partial charge in [-0.15, -0.1) is 6.58 Å². The molecule has 0 radical (unpaired) electrons. The molecular weight excluding hydrogens is 478 g/mol. The minimum absolute atomic E-state index is 0.205. The van der Waals surface area contributed by atoms with Crippen LogP contribution in [-0.4, -0.2) is 36.3 Å². The van der Waals surface area contributed by atoms with E-state index < -0.39 is 0 Å². The smallest absolute Gasteiger partial charge is 0.251 e. The van der Waals surface area contributed by atoms with Crippen LogP contribution in [0.1, 0.15) is 47.6 Å². The highest BCUT2D eigenvalue weighted by molar-refractivity contribution is 5.95. The molecule has 0 aliphatic carbocycles. The Morgan fingerprint density at radius 3 is 2.55 bits per heavy atom. The number of carbonyl (C=O) groups excluding carboxylic acids is 1. The van der Waals surface area contributed by atoms with Crippen LogP contribution in [0.15, 0.2) is 79.4 Å². The number of hydrogen-bond donors (Lipinski definition) is 1. The summed E-state index contributed by atoms with van der Waals surface area (Å²) in [6.45, 7) is 7.18. The number of imidazole rings is 1. The number of amides is 1. The van der Waals surface area contributed by atoms with E-state index in [9.17, 15) is 4.79 Å². The van der Waals surface area contributed by atoms with Gasteiger partial charge in [-0.05, 0) is 68.1 Å². The van der Waals surface area contributed by atoms with E-state index in [1.807, 2.05) is 49.4 Å². The molecule has 0 aliphatic rings. The minimum Gasteiger partial charge on any atom is -0.493 e. The molecule has 3 aromatic carbocycles. The molecule has 1 N–H and O–H groups in total. The Kier molecular flexibility index (Phi) is 9.03. The van der Waals surface area contributed by atoms with E-state index >= 15 is 0 Å². The SMILES string of the molecule is C=CCc1ccccc1OCCCCn1c(C(C)NC(=O)c2ccc(OC)c(OC)c2)nc2ccccc21. The van der Waals surface area contributed by atoms with Gasteiger partial charge in [-0.2, -0.15) is 0 Å². The zero-order chi connectivity index (χ0) is 26.9. The van der Waals surface area contributed by atoms with Gasteiger partial charge in [0.05, 0.1) is 37.9 Å². The zero-order valence-corrected chi connectivity index (χ0v) is 22.3. The zero-order valence-electron chi connectivity index (χ0n) is 22.3. The standard InChI is InChI=1S/C31H35N3O4/c1-5-12-23-13-6-9-16-27(23)38-20-11-10-19-34-26-15-8-7-14-25(26)33-30(34)22(2)32-31(35)24-17-18-28(36-3)29(21-24)37-4/h5-9,13-18,21-22H,1,10-12,19-20H2,2-4H3,(H,32,35). The van der Waals surface area contributed by atoms with Crippen LogP contribution in [0.3, 0.4) is 0 Å². The number of rotatable bonds is 13. The highest BCUT2D eigenvalue weighted by Gasteiger charge is 2.20. The van der Waals surface area contributed by atoms with Gasteiger partial charge in [0.25, 0.3) is 5.91 Å². The molecular formula is C31H35N3O4. The monoisotopic (exact) mass is 513 g/mol. The van der Waals surface area contributed by atoms with Crippen molar-refractivity contribution in [3.63, 3.8) is 0 Å². The molecule has 4 rings (SSSR count). The van der Waals surface area contributed by atoms with Gasteiger partial charge in [0.15, 0.2) is 11.5 Å². The van der Waals surface area contributed by atoms with Gasteiger partial charge in [-0.3, -0.25) is 4.79 Å². The fraction of sp³-hybridized carbons (Fsp3) is 0.290. The maximum atomic E-state index is 13.1. The Hall–Kier alpha value is -4.26. The summed E-state index contributed by atoms with van der Waals surface area (Å²) >= 11 is 0. The molecule has 1 unspecified atom stereocenters. The second-order valence-corrected chi connectivity index (χ2v) is 9.03. The van der Waals surface area contributed by atoms with E-state index in [0.717, 1.165) is 54.0 Å². The first-order chi connectivity index (χ1) is 18.5. The first-order valence-corrected chi connectivity index (χ1v) is 12.8. The molecule has 1 heterocycles. The van der Waals surface area contributed by atoms with Gasteiger partial charge in [0.2, 0.25) is 0 Å². The van der Waals surface area contributed by atoms with Crippen molar-refractivity contribution in [2.45, 2.75) is 38.8 Å². The topological polar surface area (TPSA) is 74.6 Å². The van der Waals surface area contributed by atoms with Crippen molar-refractivity contribution in [2.24, 2.45) is 0 Å². The Morgan fingerprint density at radius 1 is 1.00 bits per heavy atom. The number of allylic oxidation sites excluding steroid dienone is 1. The summed E-state index contributed by atoms with van der Waals surface area (Å²) in [4.78, 5) is 17.9. The number of nitrogens with zero attached hydrogens (tertiary/aromatic N) is 2. The van der Waals surface area contributed by atoms with Crippen LogP contribution < -0.4 is 19.5 Å². The Labute approximate surface area is 224 Å². The quantitative estimate of drug-likeness (QED) is 0.172. The molecule has 7 heteroatoms. The van der Waals surface area contributed by atoms with Gasteiger partial charge >= 0.3 is 0 Å². The van der Waals surface area contributed by atoms with Crippen LogP contribution in [0.4, 0.5) is 0 Å². The normalized spacial score (nSPS) is 11.7. The molecule has 0 aliphatic heterocycles. The number of nitrogens with one attached hydrogen (secondary N) is 1. The van der Waals surface area contributed by atoms with Gasteiger partial charge in [-0.1, -0.05) is 36.4 Å². The van der Waals surface area contributed by atoms with Crippen molar-refractivity contribution < 1.29 is 19.0 Å². The van der Waals surface area contributed by atoms with Gasteiger partial charge in [0, 0.05) is 12.1 Å². The molecule has 1 aromatic heterocycles. The summed E-state index contributed by atoms with van der Waals surface area (Å²) in [6.07, 6.45) is 4.47. The molecule has 0 bridgehead atoms. The molecule has 1 atom stereocenters. The van der Waals surface area contributed by atoms with Crippen LogP contribution in [-0.2, 0) is 13.0 Å².